The SMILES string of the molecule is NCCNC(=O)NCCN1CCCC1. The van der Waals surface area contributed by atoms with Gasteiger partial charge in [-0.05, 0) is 25.9 Å². The molecule has 4 N–H and O–H groups in total. The molecule has 0 unspecified atom stereocenters. The fraction of sp³-hybridized carbons (Fsp3) is 0.889. The van der Waals surface area contributed by atoms with Crippen LogP contribution in [-0.4, -0.2) is 50.2 Å². The van der Waals surface area contributed by atoms with E-state index in [1.54, 1.807) is 0 Å². The molecule has 0 spiro atoms. The summed E-state index contributed by atoms with van der Waals surface area (Å²) in [6.07, 6.45) is 2.58. The van der Waals surface area contributed by atoms with Crippen LogP contribution in [0, 0.1) is 0 Å². The Labute approximate surface area is 85.0 Å². The monoisotopic (exact) mass is 200 g/mol. The molecule has 0 aromatic rings. The summed E-state index contributed by atoms with van der Waals surface area (Å²) in [6.45, 7) is 5.04. The maximum absolute atomic E-state index is 11.1. The van der Waals surface area contributed by atoms with Crippen LogP contribution in [0.15, 0.2) is 0 Å². The summed E-state index contributed by atoms with van der Waals surface area (Å²) in [5.41, 5.74) is 5.25. The molecule has 2 amide bonds. The number of carbonyl (C=O) groups is 1. The molecule has 1 saturated heterocycles. The van der Waals surface area contributed by atoms with E-state index in [-0.39, 0.29) is 6.03 Å². The first-order valence-corrected chi connectivity index (χ1v) is 5.27. The number of hydrogen-bond acceptors (Lipinski definition) is 3. The molecule has 82 valence electrons. The van der Waals surface area contributed by atoms with E-state index in [4.69, 9.17) is 5.73 Å². The van der Waals surface area contributed by atoms with Gasteiger partial charge in [-0.1, -0.05) is 0 Å². The maximum Gasteiger partial charge on any atom is 0.314 e. The minimum Gasteiger partial charge on any atom is -0.337 e. The average Bonchev–Trinajstić information content (AvgIpc) is 2.67. The van der Waals surface area contributed by atoms with Gasteiger partial charge in [0.25, 0.3) is 0 Å². The topological polar surface area (TPSA) is 70.4 Å². The molecular formula is C9H20N4O. The lowest BCUT2D eigenvalue weighted by molar-refractivity contribution is 0.238. The third-order valence-corrected chi connectivity index (χ3v) is 2.34. The summed E-state index contributed by atoms with van der Waals surface area (Å²) >= 11 is 0. The standard InChI is InChI=1S/C9H20N4O/c10-3-4-11-9(14)12-5-8-13-6-1-2-7-13/h1-8,10H2,(H2,11,12,14). The molecule has 1 aliphatic rings. The molecular weight excluding hydrogens is 180 g/mol. The summed E-state index contributed by atoms with van der Waals surface area (Å²) in [4.78, 5) is 13.4. The van der Waals surface area contributed by atoms with Crippen molar-refractivity contribution in [3.8, 4) is 0 Å². The van der Waals surface area contributed by atoms with Crippen molar-refractivity contribution >= 4 is 6.03 Å². The number of hydrogen-bond donors (Lipinski definition) is 3. The molecule has 0 atom stereocenters. The molecule has 0 saturated carbocycles. The van der Waals surface area contributed by atoms with Crippen molar-refractivity contribution in [2.75, 3.05) is 39.3 Å². The van der Waals surface area contributed by atoms with Crippen molar-refractivity contribution in [1.29, 1.82) is 0 Å². The normalized spacial score (nSPS) is 16.9. The van der Waals surface area contributed by atoms with Crippen molar-refractivity contribution in [2.45, 2.75) is 12.8 Å². The van der Waals surface area contributed by atoms with Gasteiger partial charge >= 0.3 is 6.03 Å². The van der Waals surface area contributed by atoms with Crippen molar-refractivity contribution in [2.24, 2.45) is 5.73 Å². The molecule has 0 aromatic carbocycles. The highest BCUT2D eigenvalue weighted by Crippen LogP contribution is 2.05. The molecule has 0 radical (unpaired) electrons. The van der Waals surface area contributed by atoms with E-state index in [1.807, 2.05) is 0 Å². The molecule has 0 bridgehead atoms. The van der Waals surface area contributed by atoms with E-state index < -0.39 is 0 Å². The van der Waals surface area contributed by atoms with Crippen molar-refractivity contribution in [3.63, 3.8) is 0 Å². The first-order valence-electron chi connectivity index (χ1n) is 5.27. The number of amides is 2. The highest BCUT2D eigenvalue weighted by molar-refractivity contribution is 5.73. The van der Waals surface area contributed by atoms with Gasteiger partial charge in [0, 0.05) is 26.2 Å². The van der Waals surface area contributed by atoms with Crippen LogP contribution in [0.1, 0.15) is 12.8 Å². The second-order valence-electron chi connectivity index (χ2n) is 3.52. The first kappa shape index (κ1) is 11.3. The molecule has 1 aliphatic heterocycles. The third kappa shape index (κ3) is 4.43. The van der Waals surface area contributed by atoms with Gasteiger partial charge in [-0.3, -0.25) is 0 Å². The zero-order valence-electron chi connectivity index (χ0n) is 8.59. The predicted octanol–water partition coefficient (Wildman–Crippen LogP) is -0.660. The number of carbonyl (C=O) groups excluding carboxylic acids is 1. The minimum absolute atomic E-state index is 0.116. The average molecular weight is 200 g/mol. The fourth-order valence-electron chi connectivity index (χ4n) is 1.58. The van der Waals surface area contributed by atoms with E-state index in [0.717, 1.165) is 13.1 Å². The third-order valence-electron chi connectivity index (χ3n) is 2.34. The number of urea groups is 1. The number of nitrogens with one attached hydrogen (secondary N) is 2. The van der Waals surface area contributed by atoms with Crippen molar-refractivity contribution in [3.05, 3.63) is 0 Å². The number of nitrogens with two attached hydrogens (primary N) is 1. The minimum atomic E-state index is -0.116. The summed E-state index contributed by atoms with van der Waals surface area (Å²) in [7, 11) is 0. The lowest BCUT2D eigenvalue weighted by atomic mass is 10.4. The van der Waals surface area contributed by atoms with Crippen LogP contribution < -0.4 is 16.4 Å². The van der Waals surface area contributed by atoms with Crippen LogP contribution in [-0.2, 0) is 0 Å². The number of likely N-dealkylation sites (tertiary alicyclic amines) is 1. The van der Waals surface area contributed by atoms with E-state index in [0.29, 0.717) is 13.1 Å². The zero-order valence-corrected chi connectivity index (χ0v) is 8.59. The number of nitrogens with zero attached hydrogens (tertiary/aromatic N) is 1. The zero-order chi connectivity index (χ0) is 10.2. The molecule has 1 rings (SSSR count). The largest absolute Gasteiger partial charge is 0.337 e. The lowest BCUT2D eigenvalue weighted by Gasteiger charge is -2.14. The van der Waals surface area contributed by atoms with Gasteiger partial charge in [0.1, 0.15) is 0 Å². The van der Waals surface area contributed by atoms with E-state index in [2.05, 4.69) is 15.5 Å². The predicted molar refractivity (Wildman–Crippen MR) is 56.1 cm³/mol. The summed E-state index contributed by atoms with van der Waals surface area (Å²) in [5, 5.41) is 5.46. The lowest BCUT2D eigenvalue weighted by Crippen LogP contribution is -2.41. The molecule has 1 fully saturated rings. The molecule has 0 aromatic heterocycles. The van der Waals surface area contributed by atoms with Gasteiger partial charge in [0.2, 0.25) is 0 Å². The van der Waals surface area contributed by atoms with Crippen LogP contribution in [0.2, 0.25) is 0 Å². The van der Waals surface area contributed by atoms with Gasteiger partial charge in [-0.25, -0.2) is 4.79 Å². The summed E-state index contributed by atoms with van der Waals surface area (Å²) < 4.78 is 0. The Bertz CT molecular complexity index is 168. The quantitative estimate of drug-likeness (QED) is 0.552. The Morgan fingerprint density at radius 3 is 2.50 bits per heavy atom. The molecule has 0 aliphatic carbocycles. The van der Waals surface area contributed by atoms with Gasteiger partial charge in [0.05, 0.1) is 0 Å². The van der Waals surface area contributed by atoms with Crippen LogP contribution in [0.4, 0.5) is 4.79 Å². The van der Waals surface area contributed by atoms with Gasteiger partial charge in [-0.2, -0.15) is 0 Å². The Kier molecular flexibility index (Phi) is 5.32. The molecule has 14 heavy (non-hydrogen) atoms. The smallest absolute Gasteiger partial charge is 0.314 e. The molecule has 1 heterocycles. The van der Waals surface area contributed by atoms with E-state index >= 15 is 0 Å². The number of rotatable bonds is 5. The van der Waals surface area contributed by atoms with Crippen molar-refractivity contribution < 1.29 is 4.79 Å². The summed E-state index contributed by atoms with van der Waals surface area (Å²) in [5.74, 6) is 0. The van der Waals surface area contributed by atoms with Gasteiger partial charge < -0.3 is 21.3 Å². The highest BCUT2D eigenvalue weighted by Gasteiger charge is 2.10. The highest BCUT2D eigenvalue weighted by atomic mass is 16.2. The Morgan fingerprint density at radius 1 is 1.21 bits per heavy atom. The fourth-order valence-corrected chi connectivity index (χ4v) is 1.58. The second-order valence-corrected chi connectivity index (χ2v) is 3.52. The summed E-state index contributed by atoms with van der Waals surface area (Å²) in [6, 6.07) is -0.116. The van der Waals surface area contributed by atoms with Crippen LogP contribution in [0.25, 0.3) is 0 Å². The van der Waals surface area contributed by atoms with Crippen LogP contribution >= 0.6 is 0 Å². The van der Waals surface area contributed by atoms with E-state index in [9.17, 15) is 4.79 Å². The molecule has 5 nitrogen and oxygen atoms in total. The Hall–Kier alpha value is -0.810. The first-order chi connectivity index (χ1) is 6.83. The Balaban J connectivity index is 1.94. The van der Waals surface area contributed by atoms with Gasteiger partial charge in [-0.15, -0.1) is 0 Å². The maximum atomic E-state index is 11.1. The van der Waals surface area contributed by atoms with Crippen LogP contribution in [0.3, 0.4) is 0 Å². The van der Waals surface area contributed by atoms with Crippen molar-refractivity contribution in [1.82, 2.24) is 15.5 Å². The Morgan fingerprint density at radius 2 is 1.86 bits per heavy atom. The van der Waals surface area contributed by atoms with Crippen LogP contribution in [0.5, 0.6) is 0 Å². The second kappa shape index (κ2) is 6.62. The van der Waals surface area contributed by atoms with Gasteiger partial charge in [0.15, 0.2) is 0 Å². The molecule has 5 heteroatoms. The van der Waals surface area contributed by atoms with E-state index in [1.165, 1.54) is 25.9 Å².